The second-order valence-corrected chi connectivity index (χ2v) is 3.10. The zero-order valence-electron chi connectivity index (χ0n) is 10.6. The van der Waals surface area contributed by atoms with Crippen LogP contribution in [0, 0.1) is 0 Å². The highest BCUT2D eigenvalue weighted by Gasteiger charge is 1.92. The normalized spacial score (nSPS) is 8.50. The van der Waals surface area contributed by atoms with Crippen LogP contribution in [0.4, 0.5) is 0 Å². The first-order chi connectivity index (χ1) is 7.79. The van der Waals surface area contributed by atoms with Gasteiger partial charge in [0.1, 0.15) is 0 Å². The summed E-state index contributed by atoms with van der Waals surface area (Å²) in [5, 5.41) is 1.73. The molecule has 88 valence electrons. The molecule has 0 bridgehead atoms. The summed E-state index contributed by atoms with van der Waals surface area (Å²) in [5.41, 5.74) is -0.0249. The van der Waals surface area contributed by atoms with Crippen molar-refractivity contribution in [3.8, 4) is 0 Å². The Kier molecular flexibility index (Phi) is 7.86. The minimum absolute atomic E-state index is 0.0249. The highest BCUT2D eigenvalue weighted by Crippen LogP contribution is 2.05. The van der Waals surface area contributed by atoms with E-state index in [4.69, 9.17) is 0 Å². The van der Waals surface area contributed by atoms with Crippen molar-refractivity contribution in [2.45, 2.75) is 34.1 Å². The molecule has 0 atom stereocenters. The molecular weight excluding hydrogens is 198 g/mol. The van der Waals surface area contributed by atoms with Crippen molar-refractivity contribution in [1.82, 2.24) is 4.98 Å². The Balaban J connectivity index is 0.000000394. The van der Waals surface area contributed by atoms with Gasteiger partial charge in [0, 0.05) is 11.6 Å². The Morgan fingerprint density at radius 3 is 2.19 bits per heavy atom. The number of benzene rings is 1. The lowest BCUT2D eigenvalue weighted by Gasteiger charge is -1.92. The lowest BCUT2D eigenvalue weighted by atomic mass is 10.2. The van der Waals surface area contributed by atoms with Gasteiger partial charge in [-0.2, -0.15) is 0 Å². The minimum atomic E-state index is -0.0249. The van der Waals surface area contributed by atoms with Gasteiger partial charge in [-0.1, -0.05) is 52.3 Å². The van der Waals surface area contributed by atoms with Gasteiger partial charge in [0.25, 0.3) is 5.56 Å². The molecule has 2 aromatic rings. The van der Waals surface area contributed by atoms with Crippen LogP contribution in [0.3, 0.4) is 0 Å². The number of aromatic nitrogens is 1. The Morgan fingerprint density at radius 2 is 1.62 bits per heavy atom. The van der Waals surface area contributed by atoms with Crippen molar-refractivity contribution in [2.75, 3.05) is 0 Å². The van der Waals surface area contributed by atoms with Gasteiger partial charge in [-0.05, 0) is 17.5 Å². The number of aromatic amines is 1. The average Bonchev–Trinajstić information content (AvgIpc) is 2.33. The van der Waals surface area contributed by atoms with Crippen molar-refractivity contribution in [3.63, 3.8) is 0 Å². The standard InChI is InChI=1S/C9H7NO.C3H8.C2H6/c11-9-8-4-2-1-3-7(8)5-6-10-9;1-3-2;1-2/h1-6H,(H,10,11);3H2,1-2H3;1-2H3. The number of pyridine rings is 1. The van der Waals surface area contributed by atoms with E-state index in [0.29, 0.717) is 0 Å². The van der Waals surface area contributed by atoms with Crippen LogP contribution in [-0.4, -0.2) is 4.98 Å². The van der Waals surface area contributed by atoms with Crippen molar-refractivity contribution < 1.29 is 0 Å². The van der Waals surface area contributed by atoms with E-state index in [1.54, 1.807) is 6.20 Å². The second-order valence-electron chi connectivity index (χ2n) is 3.10. The smallest absolute Gasteiger partial charge is 0.255 e. The summed E-state index contributed by atoms with van der Waals surface area (Å²) < 4.78 is 0. The Hall–Kier alpha value is -1.57. The van der Waals surface area contributed by atoms with Crippen LogP contribution in [-0.2, 0) is 0 Å². The molecule has 1 heterocycles. The SMILES string of the molecule is CC.CCC.O=c1[nH]ccc2ccccc12. The number of H-pyrrole nitrogens is 1. The third-order valence-electron chi connectivity index (χ3n) is 1.68. The van der Waals surface area contributed by atoms with Crippen LogP contribution in [0.25, 0.3) is 10.8 Å². The summed E-state index contributed by atoms with van der Waals surface area (Å²) in [6.45, 7) is 8.25. The van der Waals surface area contributed by atoms with Gasteiger partial charge >= 0.3 is 0 Å². The molecule has 1 aromatic carbocycles. The maximum absolute atomic E-state index is 11.1. The lowest BCUT2D eigenvalue weighted by molar-refractivity contribution is 1.09. The predicted octanol–water partition coefficient (Wildman–Crippen LogP) is 3.97. The van der Waals surface area contributed by atoms with Crippen LogP contribution in [0.2, 0.25) is 0 Å². The van der Waals surface area contributed by atoms with E-state index in [1.165, 1.54) is 6.42 Å². The zero-order valence-corrected chi connectivity index (χ0v) is 10.6. The van der Waals surface area contributed by atoms with E-state index < -0.39 is 0 Å². The van der Waals surface area contributed by atoms with Gasteiger partial charge in [0.2, 0.25) is 0 Å². The predicted molar refractivity (Wildman–Crippen MR) is 71.9 cm³/mol. The second kappa shape index (κ2) is 8.72. The van der Waals surface area contributed by atoms with E-state index >= 15 is 0 Å². The fourth-order valence-electron chi connectivity index (χ4n) is 1.13. The Morgan fingerprint density at radius 1 is 1.06 bits per heavy atom. The molecule has 1 N–H and O–H groups in total. The number of fused-ring (bicyclic) bond motifs is 1. The van der Waals surface area contributed by atoms with E-state index in [2.05, 4.69) is 18.8 Å². The van der Waals surface area contributed by atoms with E-state index in [0.717, 1.165) is 10.8 Å². The van der Waals surface area contributed by atoms with E-state index in [1.807, 2.05) is 44.2 Å². The fourth-order valence-corrected chi connectivity index (χ4v) is 1.13. The van der Waals surface area contributed by atoms with Gasteiger partial charge in [-0.15, -0.1) is 0 Å². The molecular formula is C14H21NO. The molecule has 0 saturated heterocycles. The van der Waals surface area contributed by atoms with Crippen LogP contribution in [0.1, 0.15) is 34.1 Å². The molecule has 0 radical (unpaired) electrons. The lowest BCUT2D eigenvalue weighted by Crippen LogP contribution is -2.03. The largest absolute Gasteiger partial charge is 0.329 e. The number of nitrogens with one attached hydrogen (secondary N) is 1. The van der Waals surface area contributed by atoms with Crippen molar-refractivity contribution in [3.05, 3.63) is 46.9 Å². The Bertz CT molecular complexity index is 440. The summed E-state index contributed by atoms with van der Waals surface area (Å²) in [5.74, 6) is 0. The third-order valence-corrected chi connectivity index (χ3v) is 1.68. The van der Waals surface area contributed by atoms with Crippen molar-refractivity contribution in [1.29, 1.82) is 0 Å². The molecule has 16 heavy (non-hydrogen) atoms. The molecule has 0 spiro atoms. The quantitative estimate of drug-likeness (QED) is 0.714. The van der Waals surface area contributed by atoms with E-state index in [-0.39, 0.29) is 5.56 Å². The van der Waals surface area contributed by atoms with Gasteiger partial charge in [-0.25, -0.2) is 0 Å². The highest BCUT2D eigenvalue weighted by atomic mass is 16.1. The molecule has 0 fully saturated rings. The number of hydrogen-bond donors (Lipinski definition) is 1. The van der Waals surface area contributed by atoms with Crippen molar-refractivity contribution >= 4 is 10.8 Å². The zero-order chi connectivity index (χ0) is 12.4. The monoisotopic (exact) mass is 219 g/mol. The molecule has 2 nitrogen and oxygen atoms in total. The molecule has 0 aliphatic carbocycles. The van der Waals surface area contributed by atoms with Gasteiger partial charge in [0.15, 0.2) is 0 Å². The first-order valence-corrected chi connectivity index (χ1v) is 5.86. The fraction of sp³-hybridized carbons (Fsp3) is 0.357. The van der Waals surface area contributed by atoms with Gasteiger partial charge < -0.3 is 4.98 Å². The summed E-state index contributed by atoms with van der Waals surface area (Å²) in [4.78, 5) is 13.7. The first kappa shape index (κ1) is 14.4. The van der Waals surface area contributed by atoms with Crippen LogP contribution in [0.5, 0.6) is 0 Å². The molecule has 0 saturated carbocycles. The molecule has 0 aliphatic heterocycles. The number of hydrogen-bond acceptors (Lipinski definition) is 1. The molecule has 0 amide bonds. The minimum Gasteiger partial charge on any atom is -0.329 e. The molecule has 0 unspecified atom stereocenters. The number of rotatable bonds is 0. The van der Waals surface area contributed by atoms with Crippen LogP contribution >= 0.6 is 0 Å². The van der Waals surface area contributed by atoms with Gasteiger partial charge in [-0.3, -0.25) is 4.79 Å². The first-order valence-electron chi connectivity index (χ1n) is 5.86. The molecule has 0 aliphatic rings. The van der Waals surface area contributed by atoms with E-state index in [9.17, 15) is 4.79 Å². The van der Waals surface area contributed by atoms with Crippen LogP contribution < -0.4 is 5.56 Å². The third kappa shape index (κ3) is 4.30. The van der Waals surface area contributed by atoms with Crippen molar-refractivity contribution in [2.24, 2.45) is 0 Å². The highest BCUT2D eigenvalue weighted by molar-refractivity contribution is 5.80. The summed E-state index contributed by atoms with van der Waals surface area (Å²) in [6.07, 6.45) is 2.91. The van der Waals surface area contributed by atoms with Crippen LogP contribution in [0.15, 0.2) is 41.3 Å². The summed E-state index contributed by atoms with van der Waals surface area (Å²) >= 11 is 0. The summed E-state index contributed by atoms with van der Waals surface area (Å²) in [7, 11) is 0. The topological polar surface area (TPSA) is 32.9 Å². The maximum atomic E-state index is 11.1. The van der Waals surface area contributed by atoms with Gasteiger partial charge in [0.05, 0.1) is 0 Å². The maximum Gasteiger partial charge on any atom is 0.255 e. The molecule has 2 rings (SSSR count). The molecule has 2 heteroatoms. The molecule has 1 aromatic heterocycles. The summed E-state index contributed by atoms with van der Waals surface area (Å²) in [6, 6.07) is 9.40. The average molecular weight is 219 g/mol. The Labute approximate surface area is 97.3 Å².